The Hall–Kier alpha value is -2.41. The van der Waals surface area contributed by atoms with Gasteiger partial charge in [-0.1, -0.05) is 0 Å². The molecule has 180 valence electrons. The summed E-state index contributed by atoms with van der Waals surface area (Å²) in [7, 11) is 0. The Morgan fingerprint density at radius 3 is 2.58 bits per heavy atom. The van der Waals surface area contributed by atoms with Gasteiger partial charge in [-0.3, -0.25) is 9.59 Å². The van der Waals surface area contributed by atoms with Crippen LogP contribution in [-0.2, 0) is 17.6 Å². The van der Waals surface area contributed by atoms with Crippen LogP contribution in [0.5, 0.6) is 0 Å². The normalized spacial score (nSPS) is 20.7. The monoisotopic (exact) mass is 482 g/mol. The maximum Gasteiger partial charge on any atom is 0.389 e. The molecule has 1 atom stereocenters. The molecule has 1 aromatic rings. The lowest BCUT2D eigenvalue weighted by Gasteiger charge is -2.23. The third-order valence-electron chi connectivity index (χ3n) is 6.45. The first-order chi connectivity index (χ1) is 15.7. The third kappa shape index (κ3) is 6.56. The number of aryl methyl sites for hydroxylation is 1. The molecule has 2 N–H and O–H groups in total. The minimum atomic E-state index is -4.30. The molecule has 4 rings (SSSR count). The lowest BCUT2D eigenvalue weighted by atomic mass is 9.82. The molecule has 10 heteroatoms. The first kappa shape index (κ1) is 23.7. The number of hydrogen-bond donors (Lipinski definition) is 2. The molecule has 2 saturated carbocycles. The number of hydrogen-bond acceptors (Lipinski definition) is 5. The van der Waals surface area contributed by atoms with Crippen LogP contribution in [-0.4, -0.2) is 30.2 Å². The number of alkyl halides is 3. The smallest absolute Gasteiger partial charge is 0.352 e. The summed E-state index contributed by atoms with van der Waals surface area (Å²) >= 11 is 1.43. The van der Waals surface area contributed by atoms with Gasteiger partial charge in [0.2, 0.25) is 12.1 Å². The van der Waals surface area contributed by atoms with Gasteiger partial charge in [-0.05, 0) is 75.2 Å². The van der Waals surface area contributed by atoms with Crippen molar-refractivity contribution in [1.82, 2.24) is 5.32 Å². The van der Waals surface area contributed by atoms with E-state index < -0.39 is 12.6 Å². The highest BCUT2D eigenvalue weighted by Gasteiger charge is 2.35. The van der Waals surface area contributed by atoms with Gasteiger partial charge in [0.1, 0.15) is 5.00 Å². The lowest BCUT2D eigenvalue weighted by Crippen LogP contribution is -2.28. The fourth-order valence-electron chi connectivity index (χ4n) is 4.26. The van der Waals surface area contributed by atoms with Crippen molar-refractivity contribution in [2.24, 2.45) is 22.7 Å². The number of carbonyl (C=O) groups excluding carboxylic acids is 2. The summed E-state index contributed by atoms with van der Waals surface area (Å²) < 4.78 is 38.0. The fourth-order valence-corrected chi connectivity index (χ4v) is 5.50. The van der Waals surface area contributed by atoms with E-state index in [9.17, 15) is 22.8 Å². The molecule has 0 aliphatic heterocycles. The van der Waals surface area contributed by atoms with Crippen LogP contribution in [0.25, 0.3) is 0 Å². The van der Waals surface area contributed by atoms with Crippen molar-refractivity contribution < 1.29 is 24.2 Å². The van der Waals surface area contributed by atoms with Gasteiger partial charge in [0.05, 0.1) is 5.56 Å². The molecule has 0 saturated heterocycles. The summed E-state index contributed by atoms with van der Waals surface area (Å²) in [4.78, 5) is 30.2. The zero-order chi connectivity index (χ0) is 23.6. The number of rotatable bonds is 9. The topological polar surface area (TPSA) is 94.3 Å². The van der Waals surface area contributed by atoms with Crippen LogP contribution < -0.4 is 10.6 Å². The Labute approximate surface area is 196 Å². The van der Waals surface area contributed by atoms with Crippen LogP contribution in [0.15, 0.2) is 4.99 Å². The van der Waals surface area contributed by atoms with E-state index in [1.165, 1.54) is 11.3 Å². The second-order valence-corrected chi connectivity index (χ2v) is 10.4. The van der Waals surface area contributed by atoms with Crippen LogP contribution in [0.4, 0.5) is 18.2 Å². The Morgan fingerprint density at radius 2 is 1.94 bits per heavy atom. The Kier molecular flexibility index (Phi) is 7.07. The maximum atomic E-state index is 13.1. The average molecular weight is 483 g/mol. The molecule has 1 unspecified atom stereocenters. The van der Waals surface area contributed by atoms with Crippen molar-refractivity contribution >= 4 is 33.9 Å². The predicted octanol–water partition coefficient (Wildman–Crippen LogP) is 5.24. The number of fused-ring (bicyclic) bond motifs is 1. The van der Waals surface area contributed by atoms with Gasteiger partial charge in [-0.25, -0.2) is 0 Å². The van der Waals surface area contributed by atoms with Crippen LogP contribution in [0, 0.1) is 29.2 Å². The number of anilines is 1. The summed E-state index contributed by atoms with van der Waals surface area (Å²) in [5.74, 6) is 0.261. The van der Waals surface area contributed by atoms with E-state index in [0.717, 1.165) is 42.5 Å². The van der Waals surface area contributed by atoms with E-state index in [0.29, 0.717) is 42.3 Å². The number of nitrogens with zero attached hydrogens (tertiary/aromatic N) is 2. The summed E-state index contributed by atoms with van der Waals surface area (Å²) in [5, 5.41) is 15.4. The summed E-state index contributed by atoms with van der Waals surface area (Å²) in [5.41, 5.74) is 1.63. The zero-order valence-electron chi connectivity index (χ0n) is 18.3. The molecule has 3 aliphatic carbocycles. The Bertz CT molecular complexity index is 994. The van der Waals surface area contributed by atoms with Gasteiger partial charge in [0, 0.05) is 30.9 Å². The van der Waals surface area contributed by atoms with Crippen molar-refractivity contribution in [1.29, 1.82) is 5.26 Å². The SMILES string of the molecule is N#CN=C(CCC(F)(F)F)CC1CCc2sc(NC(=O)C3CC3)c(C(=O)NCC3CC3)c2C1.[HH]. The number of aliphatic imine (C=N–C) groups is 1. The molecule has 0 spiro atoms. The minimum absolute atomic E-state index is 0. The van der Waals surface area contributed by atoms with E-state index in [2.05, 4.69) is 15.6 Å². The highest BCUT2D eigenvalue weighted by atomic mass is 32.1. The highest BCUT2D eigenvalue weighted by molar-refractivity contribution is 7.17. The molecule has 2 amide bonds. The number of halogens is 3. The Morgan fingerprint density at radius 1 is 1.18 bits per heavy atom. The quantitative estimate of drug-likeness (QED) is 0.372. The van der Waals surface area contributed by atoms with Gasteiger partial charge < -0.3 is 10.6 Å². The van der Waals surface area contributed by atoms with Gasteiger partial charge in [-0.15, -0.1) is 11.3 Å². The van der Waals surface area contributed by atoms with Gasteiger partial charge in [0.25, 0.3) is 5.91 Å². The van der Waals surface area contributed by atoms with Crippen LogP contribution in [0.1, 0.15) is 73.6 Å². The first-order valence-electron chi connectivity index (χ1n) is 11.5. The summed E-state index contributed by atoms with van der Waals surface area (Å²) in [6.07, 6.45) is 2.21. The van der Waals surface area contributed by atoms with E-state index in [1.54, 1.807) is 6.19 Å². The van der Waals surface area contributed by atoms with E-state index in [-0.39, 0.29) is 37.2 Å². The van der Waals surface area contributed by atoms with Crippen molar-refractivity contribution in [3.8, 4) is 6.19 Å². The highest BCUT2D eigenvalue weighted by Crippen LogP contribution is 2.42. The van der Waals surface area contributed by atoms with Crippen LogP contribution >= 0.6 is 11.3 Å². The molecule has 33 heavy (non-hydrogen) atoms. The summed E-state index contributed by atoms with van der Waals surface area (Å²) in [6.45, 7) is 0.610. The largest absolute Gasteiger partial charge is 0.389 e. The number of thiophene rings is 1. The average Bonchev–Trinajstić information content (AvgIpc) is 3.66. The molecule has 1 aromatic heterocycles. The molecule has 0 aromatic carbocycles. The maximum absolute atomic E-state index is 13.1. The molecule has 0 radical (unpaired) electrons. The van der Waals surface area contributed by atoms with E-state index in [1.807, 2.05) is 0 Å². The standard InChI is InChI=1S/C23H27F3N4O2S.H2/c24-23(25,26)8-7-16(29-12-27)9-14-3-6-18-17(10-14)19(21(32)28-11-13-1-2-13)22(33-18)30-20(31)15-4-5-15;/h13-15H,1-11H2,(H,28,32)(H,30,31);1H. The molecule has 6 nitrogen and oxygen atoms in total. The minimum Gasteiger partial charge on any atom is -0.352 e. The van der Waals surface area contributed by atoms with E-state index >= 15 is 0 Å². The molecule has 3 aliphatic rings. The number of nitrogens with one attached hydrogen (secondary N) is 2. The van der Waals surface area contributed by atoms with Gasteiger partial charge >= 0.3 is 6.18 Å². The van der Waals surface area contributed by atoms with Crippen molar-refractivity contribution in [2.45, 2.75) is 70.4 Å². The lowest BCUT2D eigenvalue weighted by molar-refractivity contribution is -0.132. The number of nitriles is 1. The molecule has 1 heterocycles. The van der Waals surface area contributed by atoms with Crippen molar-refractivity contribution in [3.63, 3.8) is 0 Å². The molecule has 0 bridgehead atoms. The van der Waals surface area contributed by atoms with E-state index in [4.69, 9.17) is 5.26 Å². The second-order valence-electron chi connectivity index (χ2n) is 9.33. The van der Waals surface area contributed by atoms with Crippen molar-refractivity contribution in [2.75, 3.05) is 11.9 Å². The zero-order valence-corrected chi connectivity index (χ0v) is 19.1. The molecular weight excluding hydrogens is 453 g/mol. The number of carbonyl (C=O) groups is 2. The first-order valence-corrected chi connectivity index (χ1v) is 12.3. The van der Waals surface area contributed by atoms with Gasteiger partial charge in [0.15, 0.2) is 0 Å². The molecule has 2 fully saturated rings. The van der Waals surface area contributed by atoms with Crippen LogP contribution in [0.3, 0.4) is 0 Å². The predicted molar refractivity (Wildman–Crippen MR) is 121 cm³/mol. The second kappa shape index (κ2) is 9.84. The number of amides is 2. The third-order valence-corrected chi connectivity index (χ3v) is 7.66. The molecular formula is C23H29F3N4O2S. The summed E-state index contributed by atoms with van der Waals surface area (Å²) in [6, 6.07) is 0. The Balaban J connectivity index is 0.00000324. The van der Waals surface area contributed by atoms with Crippen molar-refractivity contribution in [3.05, 3.63) is 16.0 Å². The van der Waals surface area contributed by atoms with Crippen LogP contribution in [0.2, 0.25) is 0 Å². The van der Waals surface area contributed by atoms with Gasteiger partial charge in [-0.2, -0.15) is 23.4 Å². The fraction of sp³-hybridized carbons (Fsp3) is 0.652.